The van der Waals surface area contributed by atoms with Crippen LogP contribution in [-0.2, 0) is 13.0 Å². The molecule has 1 aliphatic carbocycles. The van der Waals surface area contributed by atoms with Crippen molar-refractivity contribution < 1.29 is 9.84 Å². The smallest absolute Gasteiger partial charge is 0.193 e. The van der Waals surface area contributed by atoms with Gasteiger partial charge in [-0.1, -0.05) is 6.07 Å². The average molecular weight is 286 g/mol. The van der Waals surface area contributed by atoms with Gasteiger partial charge in [-0.3, -0.25) is 4.40 Å². The number of fused-ring (bicyclic) bond motifs is 2. The largest absolute Gasteiger partial charge is 0.487 e. The van der Waals surface area contributed by atoms with E-state index < -0.39 is 0 Å². The number of rotatable bonds is 3. The molecule has 1 aliphatic rings. The number of aryl methyl sites for hydroxylation is 1. The van der Waals surface area contributed by atoms with Crippen LogP contribution in [0.15, 0.2) is 36.0 Å². The summed E-state index contributed by atoms with van der Waals surface area (Å²) in [6, 6.07) is 5.92. The zero-order valence-electron chi connectivity index (χ0n) is 10.8. The molecule has 0 amide bonds. The van der Waals surface area contributed by atoms with Crippen molar-refractivity contribution in [3.63, 3.8) is 0 Å². The average Bonchev–Trinajstić information content (AvgIpc) is 3.11. The van der Waals surface area contributed by atoms with Crippen LogP contribution in [0.5, 0.6) is 5.75 Å². The van der Waals surface area contributed by atoms with Gasteiger partial charge < -0.3 is 9.84 Å². The summed E-state index contributed by atoms with van der Waals surface area (Å²) in [5, 5.41) is 11.8. The number of aromatic nitrogens is 2. The molecular formula is C15H14N2O2S. The van der Waals surface area contributed by atoms with Gasteiger partial charge in [0.2, 0.25) is 0 Å². The minimum absolute atomic E-state index is 0.307. The molecule has 4 rings (SSSR count). The maximum absolute atomic E-state index is 9.78. The first-order chi connectivity index (χ1) is 9.79. The number of hydrogen-bond acceptors (Lipinski definition) is 4. The summed E-state index contributed by atoms with van der Waals surface area (Å²) in [6.07, 6.45) is 5.42. The van der Waals surface area contributed by atoms with Gasteiger partial charge in [0.05, 0.1) is 11.8 Å². The molecule has 1 N–H and O–H groups in total. The van der Waals surface area contributed by atoms with E-state index in [2.05, 4.69) is 4.98 Å². The van der Waals surface area contributed by atoms with Crippen molar-refractivity contribution in [2.45, 2.75) is 25.6 Å². The topological polar surface area (TPSA) is 46.8 Å². The molecule has 4 nitrogen and oxygen atoms in total. The number of nitrogens with zero attached hydrogens (tertiary/aromatic N) is 2. The Morgan fingerprint density at radius 1 is 1.45 bits per heavy atom. The number of aliphatic hydroxyl groups excluding tert-OH is 1. The Hall–Kier alpha value is -1.85. The lowest BCUT2D eigenvalue weighted by Gasteiger charge is -2.07. The molecule has 20 heavy (non-hydrogen) atoms. The van der Waals surface area contributed by atoms with Crippen LogP contribution >= 0.6 is 11.3 Å². The van der Waals surface area contributed by atoms with Crippen LogP contribution in [0.3, 0.4) is 0 Å². The van der Waals surface area contributed by atoms with Gasteiger partial charge in [-0.25, -0.2) is 4.98 Å². The minimum Gasteiger partial charge on any atom is -0.487 e. The van der Waals surface area contributed by atoms with E-state index in [-0.39, 0.29) is 6.10 Å². The van der Waals surface area contributed by atoms with Gasteiger partial charge in [-0.15, -0.1) is 11.3 Å². The summed E-state index contributed by atoms with van der Waals surface area (Å²) in [5.74, 6) is 0.842. The second kappa shape index (κ2) is 4.61. The predicted octanol–water partition coefficient (Wildman–Crippen LogP) is 2.95. The Morgan fingerprint density at radius 2 is 2.40 bits per heavy atom. The third-order valence-corrected chi connectivity index (χ3v) is 4.46. The maximum Gasteiger partial charge on any atom is 0.193 e. The first kappa shape index (κ1) is 11.9. The first-order valence-corrected chi connectivity index (χ1v) is 7.52. The number of imidazole rings is 1. The number of aliphatic hydroxyl groups is 1. The fourth-order valence-electron chi connectivity index (χ4n) is 2.66. The van der Waals surface area contributed by atoms with Gasteiger partial charge in [0.25, 0.3) is 0 Å². The van der Waals surface area contributed by atoms with E-state index in [0.29, 0.717) is 6.61 Å². The number of ether oxygens (including phenoxy) is 1. The summed E-state index contributed by atoms with van der Waals surface area (Å²) in [4.78, 5) is 5.48. The van der Waals surface area contributed by atoms with Crippen molar-refractivity contribution in [3.8, 4) is 5.75 Å². The summed E-state index contributed by atoms with van der Waals surface area (Å²) >= 11 is 1.61. The molecular weight excluding hydrogens is 272 g/mol. The third kappa shape index (κ3) is 1.99. The maximum atomic E-state index is 9.78. The van der Waals surface area contributed by atoms with E-state index in [9.17, 15) is 5.11 Å². The van der Waals surface area contributed by atoms with E-state index in [4.69, 9.17) is 4.74 Å². The molecule has 0 radical (unpaired) electrons. The lowest BCUT2D eigenvalue weighted by molar-refractivity contribution is 0.180. The van der Waals surface area contributed by atoms with Crippen molar-refractivity contribution in [2.75, 3.05) is 0 Å². The van der Waals surface area contributed by atoms with Gasteiger partial charge in [-0.2, -0.15) is 0 Å². The predicted molar refractivity (Wildman–Crippen MR) is 77.1 cm³/mol. The first-order valence-electron chi connectivity index (χ1n) is 6.64. The van der Waals surface area contributed by atoms with E-state index in [1.165, 1.54) is 5.56 Å². The SMILES string of the molecule is O[C@@H]1CCc2cc(OCc3cn4ccsc4n3)ccc21. The van der Waals surface area contributed by atoms with Crippen LogP contribution in [0.25, 0.3) is 4.96 Å². The highest BCUT2D eigenvalue weighted by molar-refractivity contribution is 7.15. The van der Waals surface area contributed by atoms with Crippen LogP contribution < -0.4 is 4.74 Å². The number of hydrogen-bond donors (Lipinski definition) is 1. The van der Waals surface area contributed by atoms with E-state index in [0.717, 1.165) is 34.8 Å². The molecule has 0 spiro atoms. The van der Waals surface area contributed by atoms with E-state index >= 15 is 0 Å². The van der Waals surface area contributed by atoms with Crippen LogP contribution in [0.1, 0.15) is 29.3 Å². The summed E-state index contributed by atoms with van der Waals surface area (Å²) < 4.78 is 7.80. The summed E-state index contributed by atoms with van der Waals surface area (Å²) in [7, 11) is 0. The second-order valence-electron chi connectivity index (χ2n) is 5.03. The quantitative estimate of drug-likeness (QED) is 0.805. The minimum atomic E-state index is -0.307. The van der Waals surface area contributed by atoms with Crippen molar-refractivity contribution in [1.29, 1.82) is 0 Å². The third-order valence-electron chi connectivity index (χ3n) is 3.69. The van der Waals surface area contributed by atoms with Crippen molar-refractivity contribution in [3.05, 3.63) is 52.8 Å². The summed E-state index contributed by atoms with van der Waals surface area (Å²) in [5.41, 5.74) is 3.16. The standard InChI is InChI=1S/C15H14N2O2S/c18-14-4-1-10-7-12(2-3-13(10)14)19-9-11-8-17-5-6-20-15(17)16-11/h2-3,5-8,14,18H,1,4,9H2/t14-/m1/s1. The lowest BCUT2D eigenvalue weighted by atomic mass is 10.1. The van der Waals surface area contributed by atoms with Crippen LogP contribution in [0.4, 0.5) is 0 Å². The molecule has 2 aromatic heterocycles. The Bertz CT molecular complexity index is 734. The molecule has 1 atom stereocenters. The van der Waals surface area contributed by atoms with Gasteiger partial charge in [0.15, 0.2) is 4.96 Å². The zero-order chi connectivity index (χ0) is 13.5. The Kier molecular flexibility index (Phi) is 2.75. The Labute approximate surface area is 120 Å². The molecule has 2 heterocycles. The van der Waals surface area contributed by atoms with Crippen LogP contribution in [0.2, 0.25) is 0 Å². The highest BCUT2D eigenvalue weighted by Gasteiger charge is 2.20. The zero-order valence-corrected chi connectivity index (χ0v) is 11.6. The molecule has 102 valence electrons. The molecule has 1 aromatic carbocycles. The van der Waals surface area contributed by atoms with E-state index in [1.54, 1.807) is 11.3 Å². The van der Waals surface area contributed by atoms with Crippen LogP contribution in [0, 0.1) is 0 Å². The van der Waals surface area contributed by atoms with Gasteiger partial charge in [0, 0.05) is 17.8 Å². The van der Waals surface area contributed by atoms with E-state index in [1.807, 2.05) is 40.4 Å². The molecule has 3 aromatic rings. The molecule has 0 saturated heterocycles. The van der Waals surface area contributed by atoms with Crippen molar-refractivity contribution >= 4 is 16.3 Å². The second-order valence-corrected chi connectivity index (χ2v) is 5.90. The number of thiazole rings is 1. The van der Waals surface area contributed by atoms with Gasteiger partial charge in [-0.05, 0) is 36.1 Å². The lowest BCUT2D eigenvalue weighted by Crippen LogP contribution is -1.97. The highest BCUT2D eigenvalue weighted by Crippen LogP contribution is 2.33. The molecule has 0 saturated carbocycles. The molecule has 0 aliphatic heterocycles. The monoisotopic (exact) mass is 286 g/mol. The normalized spacial score (nSPS) is 17.6. The van der Waals surface area contributed by atoms with Crippen molar-refractivity contribution in [2.24, 2.45) is 0 Å². The Morgan fingerprint density at radius 3 is 3.30 bits per heavy atom. The Balaban J connectivity index is 1.50. The fraction of sp³-hybridized carbons (Fsp3) is 0.267. The molecule has 0 unspecified atom stereocenters. The summed E-state index contributed by atoms with van der Waals surface area (Å²) in [6.45, 7) is 0.468. The van der Waals surface area contributed by atoms with Gasteiger partial charge in [0.1, 0.15) is 12.4 Å². The van der Waals surface area contributed by atoms with Crippen LogP contribution in [-0.4, -0.2) is 14.5 Å². The van der Waals surface area contributed by atoms with Crippen molar-refractivity contribution in [1.82, 2.24) is 9.38 Å². The number of benzene rings is 1. The highest BCUT2D eigenvalue weighted by atomic mass is 32.1. The molecule has 5 heteroatoms. The fourth-order valence-corrected chi connectivity index (χ4v) is 3.38. The van der Waals surface area contributed by atoms with Gasteiger partial charge >= 0.3 is 0 Å². The molecule has 0 fully saturated rings. The molecule has 0 bridgehead atoms.